The van der Waals surface area contributed by atoms with Crippen LogP contribution >= 0.6 is 15.9 Å². The summed E-state index contributed by atoms with van der Waals surface area (Å²) in [6, 6.07) is 11.4. The molecule has 0 spiro atoms. The third kappa shape index (κ3) is 3.47. The quantitative estimate of drug-likeness (QED) is 0.853. The van der Waals surface area contributed by atoms with Gasteiger partial charge in [-0.2, -0.15) is 0 Å². The molecule has 0 heterocycles. The van der Waals surface area contributed by atoms with Crippen molar-refractivity contribution in [3.05, 3.63) is 68.9 Å². The SMILES string of the molecule is CNC(Cc1cc(C)ccc1C)c1cc(Br)ccc1F. The highest BCUT2D eigenvalue weighted by molar-refractivity contribution is 9.10. The molecule has 0 radical (unpaired) electrons. The first kappa shape index (κ1) is 15.2. The molecule has 0 amide bonds. The first-order valence-electron chi connectivity index (χ1n) is 6.69. The Kier molecular flexibility index (Phi) is 4.95. The van der Waals surface area contributed by atoms with E-state index in [2.05, 4.69) is 53.3 Å². The smallest absolute Gasteiger partial charge is 0.128 e. The second kappa shape index (κ2) is 6.51. The summed E-state index contributed by atoms with van der Waals surface area (Å²) in [4.78, 5) is 0. The van der Waals surface area contributed by atoms with Crippen molar-refractivity contribution in [3.63, 3.8) is 0 Å². The van der Waals surface area contributed by atoms with Crippen LogP contribution in [0.4, 0.5) is 4.39 Å². The van der Waals surface area contributed by atoms with E-state index in [1.165, 1.54) is 22.8 Å². The van der Waals surface area contributed by atoms with Crippen molar-refractivity contribution < 1.29 is 4.39 Å². The first-order chi connectivity index (χ1) is 9.51. The molecule has 0 aliphatic heterocycles. The second-order valence-electron chi connectivity index (χ2n) is 5.14. The summed E-state index contributed by atoms with van der Waals surface area (Å²) < 4.78 is 14.9. The molecule has 1 unspecified atom stereocenters. The average Bonchev–Trinajstić information content (AvgIpc) is 2.42. The predicted molar refractivity (Wildman–Crippen MR) is 85.5 cm³/mol. The Morgan fingerprint density at radius 2 is 1.90 bits per heavy atom. The molecule has 3 heteroatoms. The fourth-order valence-corrected chi connectivity index (χ4v) is 2.77. The van der Waals surface area contributed by atoms with E-state index in [4.69, 9.17) is 0 Å². The highest BCUT2D eigenvalue weighted by atomic mass is 79.9. The Balaban J connectivity index is 2.33. The van der Waals surface area contributed by atoms with Crippen molar-refractivity contribution in [1.82, 2.24) is 5.32 Å². The third-order valence-corrected chi connectivity index (χ3v) is 4.10. The van der Waals surface area contributed by atoms with Gasteiger partial charge < -0.3 is 5.32 Å². The zero-order chi connectivity index (χ0) is 14.7. The summed E-state index contributed by atoms with van der Waals surface area (Å²) in [7, 11) is 1.87. The number of hydrogen-bond donors (Lipinski definition) is 1. The van der Waals surface area contributed by atoms with Crippen LogP contribution in [0.25, 0.3) is 0 Å². The molecule has 0 bridgehead atoms. The predicted octanol–water partition coefficient (Wildman–Crippen LogP) is 4.71. The summed E-state index contributed by atoms with van der Waals surface area (Å²) in [5.74, 6) is -0.169. The van der Waals surface area contributed by atoms with Crippen LogP contribution in [0.5, 0.6) is 0 Å². The summed E-state index contributed by atoms with van der Waals surface area (Å²) in [5.41, 5.74) is 4.42. The summed E-state index contributed by atoms with van der Waals surface area (Å²) in [6.45, 7) is 4.18. The fourth-order valence-electron chi connectivity index (χ4n) is 2.39. The lowest BCUT2D eigenvalue weighted by Crippen LogP contribution is -2.20. The number of halogens is 2. The van der Waals surface area contributed by atoms with Crippen molar-refractivity contribution in [2.75, 3.05) is 7.05 Å². The van der Waals surface area contributed by atoms with E-state index in [1.54, 1.807) is 6.07 Å². The minimum absolute atomic E-state index is 0.0343. The Labute approximate surface area is 128 Å². The van der Waals surface area contributed by atoms with Crippen LogP contribution in [-0.4, -0.2) is 7.05 Å². The standard InChI is InChI=1S/C17H19BrFN/c1-11-4-5-12(2)13(8-11)9-17(20-3)15-10-14(18)6-7-16(15)19/h4-8,10,17,20H,9H2,1-3H3. The Hall–Kier alpha value is -1.19. The molecule has 2 aromatic rings. The molecule has 20 heavy (non-hydrogen) atoms. The Morgan fingerprint density at radius 1 is 1.15 bits per heavy atom. The van der Waals surface area contributed by atoms with Gasteiger partial charge in [0.15, 0.2) is 0 Å². The van der Waals surface area contributed by atoms with Crippen LogP contribution in [0.2, 0.25) is 0 Å². The number of rotatable bonds is 4. The fraction of sp³-hybridized carbons (Fsp3) is 0.294. The van der Waals surface area contributed by atoms with Gasteiger partial charge in [-0.3, -0.25) is 0 Å². The van der Waals surface area contributed by atoms with Crippen molar-refractivity contribution in [1.29, 1.82) is 0 Å². The molecule has 0 saturated carbocycles. The summed E-state index contributed by atoms with van der Waals surface area (Å²) in [6.07, 6.45) is 0.775. The van der Waals surface area contributed by atoms with Gasteiger partial charge in [-0.15, -0.1) is 0 Å². The van der Waals surface area contributed by atoms with E-state index >= 15 is 0 Å². The van der Waals surface area contributed by atoms with E-state index in [0.717, 1.165) is 10.9 Å². The normalized spacial score (nSPS) is 12.4. The largest absolute Gasteiger partial charge is 0.313 e. The van der Waals surface area contributed by atoms with Gasteiger partial charge in [-0.25, -0.2) is 4.39 Å². The van der Waals surface area contributed by atoms with Crippen molar-refractivity contribution in [3.8, 4) is 0 Å². The molecule has 2 aromatic carbocycles. The second-order valence-corrected chi connectivity index (χ2v) is 6.06. The minimum Gasteiger partial charge on any atom is -0.313 e. The van der Waals surface area contributed by atoms with Gasteiger partial charge in [0.2, 0.25) is 0 Å². The maximum absolute atomic E-state index is 14.0. The van der Waals surface area contributed by atoms with E-state index < -0.39 is 0 Å². The number of likely N-dealkylation sites (N-methyl/N-ethyl adjacent to an activating group) is 1. The lowest BCUT2D eigenvalue weighted by molar-refractivity contribution is 0.533. The lowest BCUT2D eigenvalue weighted by Gasteiger charge is -2.19. The van der Waals surface area contributed by atoms with Crippen LogP contribution in [0.15, 0.2) is 40.9 Å². The number of nitrogens with one attached hydrogen (secondary N) is 1. The Bertz CT molecular complexity index is 610. The van der Waals surface area contributed by atoms with Gasteiger partial charge in [-0.05, 0) is 56.6 Å². The minimum atomic E-state index is -0.169. The van der Waals surface area contributed by atoms with Gasteiger partial charge >= 0.3 is 0 Å². The highest BCUT2D eigenvalue weighted by Crippen LogP contribution is 2.26. The lowest BCUT2D eigenvalue weighted by atomic mass is 9.95. The van der Waals surface area contributed by atoms with Crippen molar-refractivity contribution in [2.24, 2.45) is 0 Å². The molecule has 106 valence electrons. The maximum atomic E-state index is 14.0. The number of aryl methyl sites for hydroxylation is 2. The molecule has 0 aliphatic carbocycles. The van der Waals surface area contributed by atoms with Crippen LogP contribution in [0.3, 0.4) is 0 Å². The van der Waals surface area contributed by atoms with Gasteiger partial charge in [0.1, 0.15) is 5.82 Å². The zero-order valence-corrected chi connectivity index (χ0v) is 13.6. The molecule has 0 aromatic heterocycles. The third-order valence-electron chi connectivity index (χ3n) is 3.61. The summed E-state index contributed by atoms with van der Waals surface area (Å²) in [5, 5.41) is 3.22. The molecular formula is C17H19BrFN. The van der Waals surface area contributed by atoms with Crippen molar-refractivity contribution in [2.45, 2.75) is 26.3 Å². The van der Waals surface area contributed by atoms with Gasteiger partial charge in [0.05, 0.1) is 0 Å². The monoisotopic (exact) mass is 335 g/mol. The Morgan fingerprint density at radius 3 is 2.60 bits per heavy atom. The van der Waals surface area contributed by atoms with E-state index in [1.807, 2.05) is 13.1 Å². The van der Waals surface area contributed by atoms with Crippen molar-refractivity contribution >= 4 is 15.9 Å². The molecule has 1 atom stereocenters. The molecule has 0 aliphatic rings. The van der Waals surface area contributed by atoms with E-state index in [9.17, 15) is 4.39 Å². The maximum Gasteiger partial charge on any atom is 0.128 e. The van der Waals surface area contributed by atoms with E-state index in [0.29, 0.717) is 5.56 Å². The molecule has 0 fully saturated rings. The van der Waals surface area contributed by atoms with Crippen LogP contribution < -0.4 is 5.32 Å². The van der Waals surface area contributed by atoms with E-state index in [-0.39, 0.29) is 11.9 Å². The molecule has 1 N–H and O–H groups in total. The van der Waals surface area contributed by atoms with Gasteiger partial charge in [0.25, 0.3) is 0 Å². The summed E-state index contributed by atoms with van der Waals surface area (Å²) >= 11 is 3.41. The zero-order valence-electron chi connectivity index (χ0n) is 12.0. The number of benzene rings is 2. The van der Waals surface area contributed by atoms with Crippen LogP contribution in [0, 0.1) is 19.7 Å². The molecule has 0 saturated heterocycles. The average molecular weight is 336 g/mol. The first-order valence-corrected chi connectivity index (χ1v) is 7.49. The van der Waals surface area contributed by atoms with Gasteiger partial charge in [0, 0.05) is 16.1 Å². The van der Waals surface area contributed by atoms with Crippen LogP contribution in [0.1, 0.15) is 28.3 Å². The highest BCUT2D eigenvalue weighted by Gasteiger charge is 2.16. The molecule has 1 nitrogen and oxygen atoms in total. The van der Waals surface area contributed by atoms with Gasteiger partial charge in [-0.1, -0.05) is 39.7 Å². The number of hydrogen-bond acceptors (Lipinski definition) is 1. The molecular weight excluding hydrogens is 317 g/mol. The molecule has 2 rings (SSSR count). The topological polar surface area (TPSA) is 12.0 Å². The van der Waals surface area contributed by atoms with Crippen LogP contribution in [-0.2, 0) is 6.42 Å².